The van der Waals surface area contributed by atoms with Crippen LogP contribution in [0.1, 0.15) is 59.3 Å². The van der Waals surface area contributed by atoms with E-state index in [9.17, 15) is 14.7 Å². The van der Waals surface area contributed by atoms with E-state index in [4.69, 9.17) is 0 Å². The minimum atomic E-state index is -0.782. The van der Waals surface area contributed by atoms with Crippen molar-refractivity contribution < 1.29 is 14.7 Å². The average molecular weight is 284 g/mol. The molecular weight excluding hydrogens is 256 g/mol. The maximum absolute atomic E-state index is 12.2. The van der Waals surface area contributed by atoms with E-state index in [0.29, 0.717) is 0 Å². The number of carboxylic acid groups (broad SMARTS) is 1. The van der Waals surface area contributed by atoms with Gasteiger partial charge in [0.2, 0.25) is 5.91 Å². The average Bonchev–Trinajstić information content (AvgIpc) is 2.36. The normalized spacial score (nSPS) is 19.9. The Hall–Kier alpha value is -1.10. The number of nitrogens with zero attached hydrogens (tertiary/aromatic N) is 1. The standard InChI is InChI=1S/C15H28N2O3/c1-11(2)16-14(20)12(3)17(4)15(10-13(18)19)8-6-5-7-9-15/h11-12H,5-10H2,1-4H3,(H,16,20)(H,18,19). The van der Waals surface area contributed by atoms with Gasteiger partial charge in [0.25, 0.3) is 0 Å². The van der Waals surface area contributed by atoms with Crippen LogP contribution in [0.2, 0.25) is 0 Å². The van der Waals surface area contributed by atoms with E-state index in [2.05, 4.69) is 5.32 Å². The van der Waals surface area contributed by atoms with Gasteiger partial charge in [0, 0.05) is 11.6 Å². The zero-order chi connectivity index (χ0) is 15.3. The number of likely N-dealkylation sites (N-methyl/N-ethyl adjacent to an activating group) is 1. The number of carbonyl (C=O) groups excluding carboxylic acids is 1. The molecule has 0 saturated heterocycles. The van der Waals surface area contributed by atoms with Gasteiger partial charge in [-0.1, -0.05) is 19.3 Å². The molecule has 0 aromatic carbocycles. The molecule has 0 aromatic rings. The number of rotatable bonds is 6. The van der Waals surface area contributed by atoms with Crippen molar-refractivity contribution in [2.45, 2.75) is 76.9 Å². The Labute approximate surface area is 121 Å². The highest BCUT2D eigenvalue weighted by molar-refractivity contribution is 5.81. The number of carboxylic acids is 1. The molecule has 0 aliphatic heterocycles. The molecule has 5 heteroatoms. The number of hydrogen-bond acceptors (Lipinski definition) is 3. The van der Waals surface area contributed by atoms with Gasteiger partial charge >= 0.3 is 5.97 Å². The first-order valence-electron chi connectivity index (χ1n) is 7.53. The van der Waals surface area contributed by atoms with E-state index in [0.717, 1.165) is 32.1 Å². The van der Waals surface area contributed by atoms with Gasteiger partial charge in [0.15, 0.2) is 0 Å². The first-order chi connectivity index (χ1) is 9.28. The van der Waals surface area contributed by atoms with Gasteiger partial charge in [-0.2, -0.15) is 0 Å². The molecule has 1 rings (SSSR count). The molecule has 20 heavy (non-hydrogen) atoms. The molecule has 1 amide bonds. The lowest BCUT2D eigenvalue weighted by Crippen LogP contribution is -2.57. The fraction of sp³-hybridized carbons (Fsp3) is 0.867. The predicted molar refractivity (Wildman–Crippen MR) is 78.6 cm³/mol. The third-order valence-electron chi connectivity index (χ3n) is 4.40. The van der Waals surface area contributed by atoms with E-state index in [1.165, 1.54) is 0 Å². The summed E-state index contributed by atoms with van der Waals surface area (Å²) in [5.41, 5.74) is -0.377. The highest BCUT2D eigenvalue weighted by atomic mass is 16.4. The number of nitrogens with one attached hydrogen (secondary N) is 1. The molecule has 2 N–H and O–H groups in total. The quantitative estimate of drug-likeness (QED) is 0.783. The maximum atomic E-state index is 12.2. The molecule has 0 spiro atoms. The largest absolute Gasteiger partial charge is 0.481 e. The maximum Gasteiger partial charge on any atom is 0.305 e. The van der Waals surface area contributed by atoms with Gasteiger partial charge in [-0.05, 0) is 40.7 Å². The van der Waals surface area contributed by atoms with Crippen molar-refractivity contribution >= 4 is 11.9 Å². The highest BCUT2D eigenvalue weighted by Crippen LogP contribution is 2.36. The molecule has 116 valence electrons. The number of carbonyl (C=O) groups is 2. The SMILES string of the molecule is CC(C)NC(=O)C(C)N(C)C1(CC(=O)O)CCCCC1. The van der Waals surface area contributed by atoms with Crippen LogP contribution >= 0.6 is 0 Å². The molecule has 1 fully saturated rings. The van der Waals surface area contributed by atoms with Gasteiger partial charge in [-0.15, -0.1) is 0 Å². The first kappa shape index (κ1) is 17.0. The van der Waals surface area contributed by atoms with Crippen LogP contribution in [-0.4, -0.2) is 46.6 Å². The summed E-state index contributed by atoms with van der Waals surface area (Å²) in [7, 11) is 1.89. The number of amides is 1. The third kappa shape index (κ3) is 4.20. The van der Waals surface area contributed by atoms with Crippen LogP contribution in [-0.2, 0) is 9.59 Å². The lowest BCUT2D eigenvalue weighted by atomic mass is 9.77. The van der Waals surface area contributed by atoms with Crippen LogP contribution in [0.3, 0.4) is 0 Å². The molecular formula is C15H28N2O3. The fourth-order valence-electron chi connectivity index (χ4n) is 3.14. The van der Waals surface area contributed by atoms with Crippen molar-refractivity contribution in [2.24, 2.45) is 0 Å². The Morgan fingerprint density at radius 1 is 1.20 bits per heavy atom. The number of aliphatic carboxylic acids is 1. The minimum absolute atomic E-state index is 0.0298. The second kappa shape index (κ2) is 7.07. The van der Waals surface area contributed by atoms with E-state index >= 15 is 0 Å². The Morgan fingerprint density at radius 2 is 1.75 bits per heavy atom. The van der Waals surface area contributed by atoms with Crippen molar-refractivity contribution in [3.8, 4) is 0 Å². The van der Waals surface area contributed by atoms with E-state index in [1.54, 1.807) is 0 Å². The summed E-state index contributed by atoms with van der Waals surface area (Å²) < 4.78 is 0. The second-order valence-corrected chi connectivity index (χ2v) is 6.31. The Balaban J connectivity index is 2.84. The lowest BCUT2D eigenvalue weighted by Gasteiger charge is -2.46. The van der Waals surface area contributed by atoms with Crippen LogP contribution in [0.5, 0.6) is 0 Å². The summed E-state index contributed by atoms with van der Waals surface area (Å²) >= 11 is 0. The van der Waals surface area contributed by atoms with E-state index in [-0.39, 0.29) is 30.0 Å². The zero-order valence-electron chi connectivity index (χ0n) is 13.1. The van der Waals surface area contributed by atoms with Crippen LogP contribution in [0, 0.1) is 0 Å². The highest BCUT2D eigenvalue weighted by Gasteiger charge is 2.41. The van der Waals surface area contributed by atoms with E-state index < -0.39 is 5.97 Å². The zero-order valence-corrected chi connectivity index (χ0v) is 13.1. The van der Waals surface area contributed by atoms with Gasteiger partial charge in [-0.3, -0.25) is 14.5 Å². The Bertz CT molecular complexity index is 349. The van der Waals surface area contributed by atoms with Gasteiger partial charge < -0.3 is 10.4 Å². The third-order valence-corrected chi connectivity index (χ3v) is 4.40. The Morgan fingerprint density at radius 3 is 2.20 bits per heavy atom. The van der Waals surface area contributed by atoms with Crippen molar-refractivity contribution in [1.82, 2.24) is 10.2 Å². The van der Waals surface area contributed by atoms with Crippen molar-refractivity contribution in [3.63, 3.8) is 0 Å². The molecule has 5 nitrogen and oxygen atoms in total. The first-order valence-corrected chi connectivity index (χ1v) is 7.53. The van der Waals surface area contributed by atoms with Gasteiger partial charge in [-0.25, -0.2) is 0 Å². The van der Waals surface area contributed by atoms with E-state index in [1.807, 2.05) is 32.7 Å². The molecule has 1 aliphatic rings. The van der Waals surface area contributed by atoms with Crippen LogP contribution < -0.4 is 5.32 Å². The minimum Gasteiger partial charge on any atom is -0.481 e. The predicted octanol–water partition coefficient (Wildman–Crippen LogP) is 2.01. The van der Waals surface area contributed by atoms with Gasteiger partial charge in [0.05, 0.1) is 12.5 Å². The summed E-state index contributed by atoms with van der Waals surface area (Å²) in [6.45, 7) is 5.71. The molecule has 0 radical (unpaired) electrons. The van der Waals surface area contributed by atoms with Crippen LogP contribution in [0.15, 0.2) is 0 Å². The molecule has 0 heterocycles. The summed E-state index contributed by atoms with van der Waals surface area (Å²) in [4.78, 5) is 25.4. The fourth-order valence-corrected chi connectivity index (χ4v) is 3.14. The summed E-state index contributed by atoms with van der Waals surface area (Å²) in [5.74, 6) is -0.812. The Kier molecular flexibility index (Phi) is 5.99. The van der Waals surface area contributed by atoms with Crippen molar-refractivity contribution in [1.29, 1.82) is 0 Å². The molecule has 1 atom stereocenters. The lowest BCUT2D eigenvalue weighted by molar-refractivity contribution is -0.143. The molecule has 0 aromatic heterocycles. The monoisotopic (exact) mass is 284 g/mol. The van der Waals surface area contributed by atoms with Crippen LogP contribution in [0.25, 0.3) is 0 Å². The van der Waals surface area contributed by atoms with Crippen molar-refractivity contribution in [3.05, 3.63) is 0 Å². The smallest absolute Gasteiger partial charge is 0.305 e. The molecule has 0 bridgehead atoms. The summed E-state index contributed by atoms with van der Waals surface area (Å²) in [5, 5.41) is 12.1. The van der Waals surface area contributed by atoms with Crippen molar-refractivity contribution in [2.75, 3.05) is 7.05 Å². The van der Waals surface area contributed by atoms with Gasteiger partial charge in [0.1, 0.15) is 0 Å². The molecule has 1 unspecified atom stereocenters. The molecule has 1 aliphatic carbocycles. The summed E-state index contributed by atoms with van der Waals surface area (Å²) in [6, 6.07) is -0.213. The summed E-state index contributed by atoms with van der Waals surface area (Å²) in [6.07, 6.45) is 5.06. The second-order valence-electron chi connectivity index (χ2n) is 6.31. The number of hydrogen-bond donors (Lipinski definition) is 2. The molecule has 1 saturated carbocycles. The van der Waals surface area contributed by atoms with Crippen LogP contribution in [0.4, 0.5) is 0 Å². The topological polar surface area (TPSA) is 69.6 Å².